The lowest BCUT2D eigenvalue weighted by Crippen LogP contribution is -2.38. The quantitative estimate of drug-likeness (QED) is 0.799. The molecular formula is C14H23NO. The Balaban J connectivity index is 2.64. The summed E-state index contributed by atoms with van der Waals surface area (Å²) < 4.78 is 0. The molecule has 0 aliphatic rings. The van der Waals surface area contributed by atoms with Crippen molar-refractivity contribution in [2.45, 2.75) is 52.6 Å². The Morgan fingerprint density at radius 2 is 2.00 bits per heavy atom. The number of benzene rings is 1. The van der Waals surface area contributed by atoms with E-state index in [0.29, 0.717) is 5.75 Å². The van der Waals surface area contributed by atoms with Gasteiger partial charge in [0.15, 0.2) is 0 Å². The molecule has 1 aromatic rings. The van der Waals surface area contributed by atoms with Crippen LogP contribution in [0, 0.1) is 6.92 Å². The van der Waals surface area contributed by atoms with Gasteiger partial charge in [-0.2, -0.15) is 0 Å². The van der Waals surface area contributed by atoms with Crippen molar-refractivity contribution in [2.24, 2.45) is 0 Å². The van der Waals surface area contributed by atoms with Crippen LogP contribution in [0.25, 0.3) is 0 Å². The van der Waals surface area contributed by atoms with Crippen LogP contribution in [0.2, 0.25) is 0 Å². The van der Waals surface area contributed by atoms with Gasteiger partial charge in [0.05, 0.1) is 0 Å². The van der Waals surface area contributed by atoms with Crippen molar-refractivity contribution in [3.63, 3.8) is 0 Å². The van der Waals surface area contributed by atoms with Gasteiger partial charge in [-0.15, -0.1) is 0 Å². The predicted octanol–water partition coefficient (Wildman–Crippen LogP) is 3.37. The summed E-state index contributed by atoms with van der Waals surface area (Å²) >= 11 is 0. The fourth-order valence-electron chi connectivity index (χ4n) is 1.91. The molecule has 2 N–H and O–H groups in total. The number of rotatable bonds is 5. The van der Waals surface area contributed by atoms with Crippen molar-refractivity contribution in [2.75, 3.05) is 0 Å². The second kappa shape index (κ2) is 5.35. The Morgan fingerprint density at radius 3 is 2.62 bits per heavy atom. The molecular weight excluding hydrogens is 198 g/mol. The molecule has 0 aliphatic heterocycles. The van der Waals surface area contributed by atoms with Gasteiger partial charge < -0.3 is 10.4 Å². The molecule has 0 amide bonds. The summed E-state index contributed by atoms with van der Waals surface area (Å²) in [5.41, 5.74) is 2.04. The maximum atomic E-state index is 9.88. The van der Waals surface area contributed by atoms with Gasteiger partial charge in [0, 0.05) is 17.6 Å². The number of phenols is 1. The first-order valence-electron chi connectivity index (χ1n) is 5.99. The second-order valence-corrected chi connectivity index (χ2v) is 5.07. The van der Waals surface area contributed by atoms with Gasteiger partial charge in [0.25, 0.3) is 0 Å². The Bertz CT molecular complexity index is 345. The Labute approximate surface area is 98.7 Å². The summed E-state index contributed by atoms with van der Waals surface area (Å²) in [5.74, 6) is 0.419. The normalized spacial score (nSPS) is 11.8. The number of phenolic OH excluding ortho intramolecular Hbond substituents is 1. The van der Waals surface area contributed by atoms with Crippen LogP contribution in [0.5, 0.6) is 5.75 Å². The Hall–Kier alpha value is -1.02. The van der Waals surface area contributed by atoms with Crippen LogP contribution >= 0.6 is 0 Å². The first-order chi connectivity index (χ1) is 7.46. The maximum Gasteiger partial charge on any atom is 0.122 e. The van der Waals surface area contributed by atoms with E-state index in [1.54, 1.807) is 0 Å². The predicted molar refractivity (Wildman–Crippen MR) is 68.7 cm³/mol. The fraction of sp³-hybridized carbons (Fsp3) is 0.571. The summed E-state index contributed by atoms with van der Waals surface area (Å²) in [4.78, 5) is 0. The van der Waals surface area contributed by atoms with E-state index in [-0.39, 0.29) is 5.54 Å². The molecule has 0 saturated heterocycles. The van der Waals surface area contributed by atoms with Gasteiger partial charge in [-0.3, -0.25) is 0 Å². The summed E-state index contributed by atoms with van der Waals surface area (Å²) in [5, 5.41) is 13.4. The number of nitrogens with one attached hydrogen (secondary N) is 1. The second-order valence-electron chi connectivity index (χ2n) is 5.07. The summed E-state index contributed by atoms with van der Waals surface area (Å²) in [6, 6.07) is 5.88. The van der Waals surface area contributed by atoms with Crippen molar-refractivity contribution >= 4 is 0 Å². The molecule has 90 valence electrons. The third kappa shape index (κ3) is 3.53. The van der Waals surface area contributed by atoms with Gasteiger partial charge in [0.2, 0.25) is 0 Å². The topological polar surface area (TPSA) is 32.3 Å². The van der Waals surface area contributed by atoms with E-state index in [9.17, 15) is 5.11 Å². The van der Waals surface area contributed by atoms with E-state index in [1.165, 1.54) is 6.42 Å². The zero-order valence-electron chi connectivity index (χ0n) is 10.8. The lowest BCUT2D eigenvalue weighted by molar-refractivity contribution is 0.352. The van der Waals surface area contributed by atoms with Crippen LogP contribution < -0.4 is 5.32 Å². The first kappa shape index (κ1) is 13.0. The van der Waals surface area contributed by atoms with Crippen molar-refractivity contribution in [3.8, 4) is 5.75 Å². The number of para-hydroxylation sites is 1. The molecule has 0 atom stereocenters. The van der Waals surface area contributed by atoms with E-state index in [1.807, 2.05) is 25.1 Å². The molecule has 1 aromatic carbocycles. The van der Waals surface area contributed by atoms with Gasteiger partial charge in [0.1, 0.15) is 5.75 Å². The lowest BCUT2D eigenvalue weighted by atomic mass is 9.98. The molecule has 1 rings (SSSR count). The van der Waals surface area contributed by atoms with E-state index >= 15 is 0 Å². The largest absolute Gasteiger partial charge is 0.507 e. The van der Waals surface area contributed by atoms with Crippen molar-refractivity contribution < 1.29 is 5.11 Å². The minimum Gasteiger partial charge on any atom is -0.507 e. The molecule has 2 nitrogen and oxygen atoms in total. The van der Waals surface area contributed by atoms with Crippen LogP contribution in [0.15, 0.2) is 18.2 Å². The highest BCUT2D eigenvalue weighted by Crippen LogP contribution is 2.22. The van der Waals surface area contributed by atoms with E-state index in [2.05, 4.69) is 26.1 Å². The standard InChI is InChI=1S/C14H23NO/c1-5-9-14(3,4)15-10-12-8-6-7-11(2)13(12)16/h6-8,15-16H,5,9-10H2,1-4H3. The maximum absolute atomic E-state index is 9.88. The average molecular weight is 221 g/mol. The first-order valence-corrected chi connectivity index (χ1v) is 5.99. The van der Waals surface area contributed by atoms with E-state index < -0.39 is 0 Å². The summed E-state index contributed by atoms with van der Waals surface area (Å²) in [7, 11) is 0. The van der Waals surface area contributed by atoms with E-state index in [0.717, 1.165) is 24.1 Å². The molecule has 0 fully saturated rings. The molecule has 0 saturated carbocycles. The van der Waals surface area contributed by atoms with Crippen LogP contribution in [-0.2, 0) is 6.54 Å². The zero-order chi connectivity index (χ0) is 12.2. The molecule has 2 heteroatoms. The van der Waals surface area contributed by atoms with Crippen LogP contribution in [0.3, 0.4) is 0 Å². The number of hydrogen-bond acceptors (Lipinski definition) is 2. The van der Waals surface area contributed by atoms with Crippen LogP contribution in [0.1, 0.15) is 44.7 Å². The molecule has 0 unspecified atom stereocenters. The SMILES string of the molecule is CCCC(C)(C)NCc1cccc(C)c1O. The van der Waals surface area contributed by atoms with Gasteiger partial charge >= 0.3 is 0 Å². The highest BCUT2D eigenvalue weighted by molar-refractivity contribution is 5.39. The molecule has 0 heterocycles. The minimum absolute atomic E-state index is 0.130. The highest BCUT2D eigenvalue weighted by atomic mass is 16.3. The van der Waals surface area contributed by atoms with Crippen LogP contribution in [0.4, 0.5) is 0 Å². The van der Waals surface area contributed by atoms with Crippen molar-refractivity contribution in [3.05, 3.63) is 29.3 Å². The number of hydrogen-bond donors (Lipinski definition) is 2. The summed E-state index contributed by atoms with van der Waals surface area (Å²) in [6.07, 6.45) is 2.30. The molecule has 0 radical (unpaired) electrons. The van der Waals surface area contributed by atoms with Gasteiger partial charge in [-0.05, 0) is 32.8 Å². The molecule has 16 heavy (non-hydrogen) atoms. The van der Waals surface area contributed by atoms with Gasteiger partial charge in [-0.25, -0.2) is 0 Å². The third-order valence-electron chi connectivity index (χ3n) is 2.95. The number of aryl methyl sites for hydroxylation is 1. The average Bonchev–Trinajstić information content (AvgIpc) is 2.20. The molecule has 0 bridgehead atoms. The lowest BCUT2D eigenvalue weighted by Gasteiger charge is -2.26. The molecule has 0 spiro atoms. The fourth-order valence-corrected chi connectivity index (χ4v) is 1.91. The van der Waals surface area contributed by atoms with Crippen LogP contribution in [-0.4, -0.2) is 10.6 Å². The zero-order valence-corrected chi connectivity index (χ0v) is 10.8. The Kier molecular flexibility index (Phi) is 4.36. The van der Waals surface area contributed by atoms with E-state index in [4.69, 9.17) is 0 Å². The van der Waals surface area contributed by atoms with Crippen molar-refractivity contribution in [1.82, 2.24) is 5.32 Å². The van der Waals surface area contributed by atoms with Gasteiger partial charge in [-0.1, -0.05) is 31.5 Å². The third-order valence-corrected chi connectivity index (χ3v) is 2.95. The van der Waals surface area contributed by atoms with Crippen molar-refractivity contribution in [1.29, 1.82) is 0 Å². The molecule has 0 aromatic heterocycles. The summed E-state index contributed by atoms with van der Waals surface area (Å²) in [6.45, 7) is 9.23. The number of aromatic hydroxyl groups is 1. The molecule has 0 aliphatic carbocycles. The monoisotopic (exact) mass is 221 g/mol. The minimum atomic E-state index is 0.130. The Morgan fingerprint density at radius 1 is 1.31 bits per heavy atom. The smallest absolute Gasteiger partial charge is 0.122 e. The highest BCUT2D eigenvalue weighted by Gasteiger charge is 2.16.